The van der Waals surface area contributed by atoms with Crippen molar-refractivity contribution in [1.29, 1.82) is 0 Å². The van der Waals surface area contributed by atoms with Crippen LogP contribution in [0.5, 0.6) is 0 Å². The average Bonchev–Trinajstić information content (AvgIpc) is 2.60. The lowest BCUT2D eigenvalue weighted by Gasteiger charge is -2.07. The number of thioether (sulfide) groups is 1. The van der Waals surface area contributed by atoms with Crippen molar-refractivity contribution < 1.29 is 0 Å². The first-order chi connectivity index (χ1) is 8.08. The van der Waals surface area contributed by atoms with Crippen LogP contribution in [0.25, 0.3) is 11.3 Å². The minimum Gasteiger partial charge on any atom is -0.369 e. The van der Waals surface area contributed by atoms with E-state index in [1.165, 1.54) is 4.90 Å². The van der Waals surface area contributed by atoms with Gasteiger partial charge >= 0.3 is 0 Å². The van der Waals surface area contributed by atoms with Crippen molar-refractivity contribution in [3.05, 3.63) is 30.5 Å². The molecule has 0 fully saturated rings. The van der Waals surface area contributed by atoms with E-state index in [1.807, 2.05) is 23.4 Å². The number of rotatable bonds is 3. The van der Waals surface area contributed by atoms with Gasteiger partial charge in [-0.3, -0.25) is 0 Å². The Morgan fingerprint density at radius 1 is 1.24 bits per heavy atom. The first-order valence-electron chi connectivity index (χ1n) is 5.62. The molecule has 2 N–H and O–H groups in total. The molecule has 1 aromatic carbocycles. The predicted molar refractivity (Wildman–Crippen MR) is 74.0 cm³/mol. The molecule has 0 aliphatic rings. The highest BCUT2D eigenvalue weighted by atomic mass is 32.2. The normalized spacial score (nSPS) is 11.1. The number of aromatic nitrogens is 2. The lowest BCUT2D eigenvalue weighted by molar-refractivity contribution is 0.938. The molecule has 2 aromatic rings. The second-order valence-electron chi connectivity index (χ2n) is 4.25. The Morgan fingerprint density at radius 2 is 1.88 bits per heavy atom. The van der Waals surface area contributed by atoms with Crippen LogP contribution >= 0.6 is 11.8 Å². The molecule has 0 aliphatic carbocycles. The van der Waals surface area contributed by atoms with E-state index < -0.39 is 0 Å². The maximum absolute atomic E-state index is 5.72. The van der Waals surface area contributed by atoms with Gasteiger partial charge in [-0.15, -0.1) is 11.8 Å². The van der Waals surface area contributed by atoms with Crippen molar-refractivity contribution in [2.75, 3.05) is 5.73 Å². The molecular weight excluding hydrogens is 230 g/mol. The monoisotopic (exact) mass is 247 g/mol. The van der Waals surface area contributed by atoms with Gasteiger partial charge in [-0.05, 0) is 17.7 Å². The summed E-state index contributed by atoms with van der Waals surface area (Å²) >= 11 is 1.86. The summed E-state index contributed by atoms with van der Waals surface area (Å²) < 4.78 is 1.89. The Labute approximate surface area is 106 Å². The van der Waals surface area contributed by atoms with Gasteiger partial charge in [0, 0.05) is 17.2 Å². The maximum atomic E-state index is 5.72. The molecule has 90 valence electrons. The molecule has 0 spiro atoms. The van der Waals surface area contributed by atoms with Crippen LogP contribution in [0.3, 0.4) is 0 Å². The fourth-order valence-corrected chi connectivity index (χ4v) is 2.51. The minimum atomic E-state index is 0.542. The molecule has 0 saturated carbocycles. The third kappa shape index (κ3) is 2.64. The molecule has 3 nitrogen and oxygen atoms in total. The number of hydrogen-bond donors (Lipinski definition) is 1. The molecule has 17 heavy (non-hydrogen) atoms. The van der Waals surface area contributed by atoms with Gasteiger partial charge in [0.1, 0.15) is 0 Å². The van der Waals surface area contributed by atoms with Gasteiger partial charge in [0.05, 0.1) is 11.9 Å². The van der Waals surface area contributed by atoms with Crippen LogP contribution in [-0.4, -0.2) is 14.8 Å². The van der Waals surface area contributed by atoms with E-state index in [1.54, 1.807) is 6.20 Å². The van der Waals surface area contributed by atoms with Crippen LogP contribution < -0.4 is 5.73 Å². The number of nitrogen functional groups attached to an aromatic ring is 1. The van der Waals surface area contributed by atoms with Crippen molar-refractivity contribution in [2.45, 2.75) is 24.0 Å². The summed E-state index contributed by atoms with van der Waals surface area (Å²) in [5.74, 6) is 0.542. The fourth-order valence-electron chi connectivity index (χ4n) is 1.67. The summed E-state index contributed by atoms with van der Waals surface area (Å²) in [5, 5.41) is 0.605. The van der Waals surface area contributed by atoms with Gasteiger partial charge in [-0.2, -0.15) is 0 Å². The van der Waals surface area contributed by atoms with E-state index >= 15 is 0 Å². The number of anilines is 1. The topological polar surface area (TPSA) is 43.8 Å². The number of nitrogens with two attached hydrogens (primary N) is 1. The van der Waals surface area contributed by atoms with E-state index in [4.69, 9.17) is 5.73 Å². The smallest absolute Gasteiger partial charge is 0.200 e. The Hall–Kier alpha value is -1.42. The van der Waals surface area contributed by atoms with Crippen LogP contribution in [0.1, 0.15) is 13.8 Å². The van der Waals surface area contributed by atoms with Crippen LogP contribution in [0.4, 0.5) is 5.95 Å². The first kappa shape index (κ1) is 12.0. The zero-order chi connectivity index (χ0) is 12.4. The molecule has 4 heteroatoms. The zero-order valence-corrected chi connectivity index (χ0v) is 11.2. The van der Waals surface area contributed by atoms with Gasteiger partial charge in [0.2, 0.25) is 0 Å². The summed E-state index contributed by atoms with van der Waals surface area (Å²) in [6, 6.07) is 8.51. The van der Waals surface area contributed by atoms with Crippen molar-refractivity contribution in [3.8, 4) is 11.3 Å². The van der Waals surface area contributed by atoms with Gasteiger partial charge in [0.15, 0.2) is 5.95 Å². The van der Waals surface area contributed by atoms with Crippen molar-refractivity contribution >= 4 is 17.7 Å². The number of hydrogen-bond acceptors (Lipinski definition) is 3. The van der Waals surface area contributed by atoms with E-state index in [-0.39, 0.29) is 0 Å². The zero-order valence-electron chi connectivity index (χ0n) is 10.3. The van der Waals surface area contributed by atoms with Gasteiger partial charge < -0.3 is 10.3 Å². The fraction of sp³-hybridized carbons (Fsp3) is 0.308. The molecule has 2 rings (SSSR count). The number of benzene rings is 1. The molecule has 0 saturated heterocycles. The first-order valence-corrected chi connectivity index (χ1v) is 6.50. The molecule has 1 heterocycles. The SMILES string of the molecule is CC(C)Sc1ccc(-c2cnc(N)n2C)cc1. The van der Waals surface area contributed by atoms with Crippen molar-refractivity contribution in [1.82, 2.24) is 9.55 Å². The second-order valence-corrected chi connectivity index (χ2v) is 5.90. The van der Waals surface area contributed by atoms with Crippen molar-refractivity contribution in [3.63, 3.8) is 0 Å². The Morgan fingerprint density at radius 3 is 2.35 bits per heavy atom. The quantitative estimate of drug-likeness (QED) is 0.847. The lowest BCUT2D eigenvalue weighted by atomic mass is 10.2. The van der Waals surface area contributed by atoms with E-state index in [0.717, 1.165) is 11.3 Å². The Kier molecular flexibility index (Phi) is 3.43. The Balaban J connectivity index is 2.26. The molecule has 0 unspecified atom stereocenters. The van der Waals surface area contributed by atoms with E-state index in [0.29, 0.717) is 11.2 Å². The lowest BCUT2D eigenvalue weighted by Crippen LogP contribution is -1.98. The maximum Gasteiger partial charge on any atom is 0.200 e. The third-order valence-corrected chi connectivity index (χ3v) is 3.56. The summed E-state index contributed by atoms with van der Waals surface area (Å²) in [6.07, 6.45) is 1.81. The number of nitrogens with zero attached hydrogens (tertiary/aromatic N) is 2. The summed E-state index contributed by atoms with van der Waals surface area (Å²) in [7, 11) is 1.93. The highest BCUT2D eigenvalue weighted by Crippen LogP contribution is 2.26. The third-order valence-electron chi connectivity index (χ3n) is 2.55. The van der Waals surface area contributed by atoms with E-state index in [9.17, 15) is 0 Å². The van der Waals surface area contributed by atoms with Gasteiger partial charge in [0.25, 0.3) is 0 Å². The standard InChI is InChI=1S/C13H17N3S/c1-9(2)17-11-6-4-10(5-7-11)12-8-15-13(14)16(12)3/h4-9H,1-3H3,(H2,14,15). The van der Waals surface area contributed by atoms with Crippen LogP contribution in [0.2, 0.25) is 0 Å². The molecule has 0 atom stereocenters. The highest BCUT2D eigenvalue weighted by Gasteiger charge is 2.06. The molecule has 0 amide bonds. The van der Waals surface area contributed by atoms with Crippen LogP contribution in [0.15, 0.2) is 35.4 Å². The van der Waals surface area contributed by atoms with Crippen LogP contribution in [-0.2, 0) is 7.05 Å². The van der Waals surface area contributed by atoms with E-state index in [2.05, 4.69) is 43.1 Å². The van der Waals surface area contributed by atoms with Crippen LogP contribution in [0, 0.1) is 0 Å². The molecule has 0 radical (unpaired) electrons. The highest BCUT2D eigenvalue weighted by molar-refractivity contribution is 7.99. The van der Waals surface area contributed by atoms with Gasteiger partial charge in [-0.1, -0.05) is 26.0 Å². The summed E-state index contributed by atoms with van der Waals surface area (Å²) in [6.45, 7) is 4.39. The largest absolute Gasteiger partial charge is 0.369 e. The summed E-state index contributed by atoms with van der Waals surface area (Å²) in [5.41, 5.74) is 7.91. The molecule has 0 aliphatic heterocycles. The Bertz CT molecular complexity index is 500. The van der Waals surface area contributed by atoms with Crippen molar-refractivity contribution in [2.24, 2.45) is 7.05 Å². The molecule has 0 bridgehead atoms. The average molecular weight is 247 g/mol. The second kappa shape index (κ2) is 4.84. The number of imidazole rings is 1. The molecular formula is C13H17N3S. The molecule has 1 aromatic heterocycles. The summed E-state index contributed by atoms with van der Waals surface area (Å²) in [4.78, 5) is 5.39. The predicted octanol–water partition coefficient (Wildman–Crippen LogP) is 3.17. The minimum absolute atomic E-state index is 0.542. The van der Waals surface area contributed by atoms with Gasteiger partial charge in [-0.25, -0.2) is 4.98 Å².